The number of halogens is 2. The summed E-state index contributed by atoms with van der Waals surface area (Å²) in [7, 11) is 1.81. The molecule has 2 aliphatic rings. The highest BCUT2D eigenvalue weighted by Gasteiger charge is 2.31. The average Bonchev–Trinajstić information content (AvgIpc) is 3.05. The molecule has 1 saturated carbocycles. The highest BCUT2D eigenvalue weighted by atomic mass is 35.5. The van der Waals surface area contributed by atoms with Crippen LogP contribution in [0.15, 0.2) is 24.4 Å². The maximum atomic E-state index is 13.9. The van der Waals surface area contributed by atoms with Gasteiger partial charge in [-0.15, -0.1) is 0 Å². The van der Waals surface area contributed by atoms with E-state index in [1.165, 1.54) is 31.6 Å². The second kappa shape index (κ2) is 9.18. The summed E-state index contributed by atoms with van der Waals surface area (Å²) in [5, 5.41) is 10.9. The molecule has 6 nitrogen and oxygen atoms in total. The van der Waals surface area contributed by atoms with Crippen molar-refractivity contribution < 1.29 is 9.18 Å². The Morgan fingerprint density at radius 3 is 2.53 bits per heavy atom. The van der Waals surface area contributed by atoms with Gasteiger partial charge in [0.15, 0.2) is 12.1 Å². The molecule has 0 bridgehead atoms. The fourth-order valence-corrected chi connectivity index (χ4v) is 4.48. The van der Waals surface area contributed by atoms with Gasteiger partial charge in [-0.3, -0.25) is 9.48 Å². The second-order valence-corrected chi connectivity index (χ2v) is 8.34. The second-order valence-electron chi connectivity index (χ2n) is 7.94. The number of aromatic nitrogens is 2. The van der Waals surface area contributed by atoms with E-state index in [2.05, 4.69) is 15.5 Å². The average molecular weight is 432 g/mol. The summed E-state index contributed by atoms with van der Waals surface area (Å²) in [4.78, 5) is 14.5. The van der Waals surface area contributed by atoms with Crippen molar-refractivity contribution in [1.82, 2.24) is 20.0 Å². The molecule has 1 aliphatic carbocycles. The molecule has 0 unspecified atom stereocenters. The van der Waals surface area contributed by atoms with Crippen LogP contribution in [-0.4, -0.2) is 47.1 Å². The Bertz CT molecular complexity index is 932. The van der Waals surface area contributed by atoms with Crippen LogP contribution >= 0.6 is 11.6 Å². The van der Waals surface area contributed by atoms with Crippen molar-refractivity contribution in [2.45, 2.75) is 44.2 Å². The zero-order valence-corrected chi connectivity index (χ0v) is 17.8. The molecule has 0 amide bonds. The number of hydrogen-bond acceptors (Lipinski definition) is 5. The van der Waals surface area contributed by atoms with Crippen molar-refractivity contribution in [3.8, 4) is 0 Å². The Kier molecular flexibility index (Phi) is 6.39. The molecule has 0 spiro atoms. The van der Waals surface area contributed by atoms with E-state index in [0.29, 0.717) is 23.1 Å². The number of anilines is 2. The van der Waals surface area contributed by atoms with Crippen molar-refractivity contribution in [3.63, 3.8) is 0 Å². The van der Waals surface area contributed by atoms with Gasteiger partial charge in [0.05, 0.1) is 22.3 Å². The molecule has 1 aromatic carbocycles. The Balaban J connectivity index is 1.61. The lowest BCUT2D eigenvalue weighted by Crippen LogP contribution is -2.46. The molecular weight excluding hydrogens is 405 g/mol. The summed E-state index contributed by atoms with van der Waals surface area (Å²) in [6.07, 6.45) is 10.1. The predicted molar refractivity (Wildman–Crippen MR) is 118 cm³/mol. The van der Waals surface area contributed by atoms with Gasteiger partial charge in [-0.25, -0.2) is 4.39 Å². The number of carbonyl (C=O) groups excluding carboxylic acids is 1. The van der Waals surface area contributed by atoms with Crippen molar-refractivity contribution in [1.29, 1.82) is 0 Å². The number of rotatable bonds is 7. The third kappa shape index (κ3) is 4.23. The molecule has 2 aromatic rings. The number of nitrogens with zero attached hydrogens (tertiary/aromatic N) is 3. The van der Waals surface area contributed by atoms with E-state index in [-0.39, 0.29) is 11.1 Å². The maximum Gasteiger partial charge on any atom is 0.163 e. The van der Waals surface area contributed by atoms with Gasteiger partial charge >= 0.3 is 0 Å². The van der Waals surface area contributed by atoms with E-state index < -0.39 is 5.82 Å². The molecule has 8 heteroatoms. The van der Waals surface area contributed by atoms with Crippen LogP contribution in [0.25, 0.3) is 6.08 Å². The van der Waals surface area contributed by atoms with E-state index in [9.17, 15) is 9.18 Å². The molecule has 30 heavy (non-hydrogen) atoms. The minimum absolute atomic E-state index is 0.0540. The number of hydrogen-bond donors (Lipinski definition) is 2. The number of likely N-dealkylation sites (tertiary alicyclic amines) is 1. The minimum atomic E-state index is -0.520. The van der Waals surface area contributed by atoms with Gasteiger partial charge in [0.1, 0.15) is 5.82 Å². The zero-order chi connectivity index (χ0) is 21.1. The fourth-order valence-electron chi connectivity index (χ4n) is 4.36. The summed E-state index contributed by atoms with van der Waals surface area (Å²) in [6.45, 7) is 2.43. The first kappa shape index (κ1) is 20.9. The van der Waals surface area contributed by atoms with E-state index in [1.807, 2.05) is 17.8 Å². The Morgan fingerprint density at radius 2 is 1.93 bits per heavy atom. The van der Waals surface area contributed by atoms with Crippen LogP contribution in [0.1, 0.15) is 54.2 Å². The number of benzene rings is 1. The summed E-state index contributed by atoms with van der Waals surface area (Å²) in [6, 6.07) is 5.35. The third-order valence-corrected chi connectivity index (χ3v) is 6.42. The highest BCUT2D eigenvalue weighted by molar-refractivity contribution is 6.30. The molecular formula is C22H27ClFN5O. The molecule has 0 atom stereocenters. The highest BCUT2D eigenvalue weighted by Crippen LogP contribution is 2.35. The molecule has 1 aliphatic heterocycles. The van der Waals surface area contributed by atoms with Crippen molar-refractivity contribution in [3.05, 3.63) is 46.5 Å². The van der Waals surface area contributed by atoms with Gasteiger partial charge < -0.3 is 15.5 Å². The van der Waals surface area contributed by atoms with Gasteiger partial charge in [0.25, 0.3) is 0 Å². The van der Waals surface area contributed by atoms with Gasteiger partial charge in [-0.2, -0.15) is 5.10 Å². The van der Waals surface area contributed by atoms with Crippen LogP contribution in [0, 0.1) is 5.82 Å². The van der Waals surface area contributed by atoms with Crippen molar-refractivity contribution in [2.75, 3.05) is 25.5 Å². The van der Waals surface area contributed by atoms with Crippen LogP contribution in [0.2, 0.25) is 5.02 Å². The molecule has 1 aromatic heterocycles. The zero-order valence-electron chi connectivity index (χ0n) is 17.1. The molecule has 2 N–H and O–H groups in total. The number of nitrogens with one attached hydrogen (secondary N) is 2. The largest absolute Gasteiger partial charge is 0.394 e. The monoisotopic (exact) mass is 431 g/mol. The minimum Gasteiger partial charge on any atom is -0.394 e. The summed E-state index contributed by atoms with van der Waals surface area (Å²) >= 11 is 5.78. The van der Waals surface area contributed by atoms with Crippen LogP contribution in [0.3, 0.4) is 0 Å². The summed E-state index contributed by atoms with van der Waals surface area (Å²) in [5.74, 6) is -0.0966. The number of carbonyl (C=O) groups is 1. The Morgan fingerprint density at radius 1 is 1.20 bits per heavy atom. The standard InChI is InChI=1S/C22H27ClFN5O/c1-25-10-9-21-18(14-30)22(26-15-3-8-19(23)20(24)13-15)27-29(21)17-6-4-16(5-7-17)28-11-2-12-28/h3,8-10,13-14,16-17,25H,2,4-7,11-12H2,1H3,(H,26,27)/b10-9-. The molecule has 4 rings (SSSR count). The van der Waals surface area contributed by atoms with Gasteiger partial charge in [-0.1, -0.05) is 11.6 Å². The van der Waals surface area contributed by atoms with Crippen molar-refractivity contribution in [2.24, 2.45) is 0 Å². The van der Waals surface area contributed by atoms with E-state index >= 15 is 0 Å². The predicted octanol–water partition coefficient (Wildman–Crippen LogP) is 4.61. The summed E-state index contributed by atoms with van der Waals surface area (Å²) < 4.78 is 15.8. The maximum absolute atomic E-state index is 13.9. The van der Waals surface area contributed by atoms with Gasteiger partial charge in [-0.05, 0) is 75.7 Å². The molecule has 2 fully saturated rings. The molecule has 2 heterocycles. The SMILES string of the molecule is CN/C=C\c1c(C=O)c(Nc2ccc(Cl)c(F)c2)nn1C1CCC(N2CCC2)CC1. The Hall–Kier alpha value is -2.38. The van der Waals surface area contributed by atoms with Crippen LogP contribution < -0.4 is 10.6 Å². The molecule has 1 saturated heterocycles. The fraction of sp³-hybridized carbons (Fsp3) is 0.455. The van der Waals surface area contributed by atoms with Crippen LogP contribution in [0.4, 0.5) is 15.9 Å². The normalized spacial score (nSPS) is 22.1. The van der Waals surface area contributed by atoms with Gasteiger partial charge in [0, 0.05) is 18.8 Å². The number of aldehydes is 1. The first-order valence-corrected chi connectivity index (χ1v) is 10.9. The van der Waals surface area contributed by atoms with Crippen molar-refractivity contribution >= 4 is 35.5 Å². The summed E-state index contributed by atoms with van der Waals surface area (Å²) in [5.41, 5.74) is 1.71. The smallest absolute Gasteiger partial charge is 0.163 e. The van der Waals surface area contributed by atoms with Gasteiger partial charge in [0.2, 0.25) is 0 Å². The lowest BCUT2D eigenvalue weighted by molar-refractivity contribution is 0.0786. The van der Waals surface area contributed by atoms with E-state index in [4.69, 9.17) is 16.7 Å². The first-order chi connectivity index (χ1) is 14.6. The molecule has 160 valence electrons. The van der Waals surface area contributed by atoms with E-state index in [0.717, 1.165) is 37.7 Å². The topological polar surface area (TPSA) is 62.2 Å². The van der Waals surface area contributed by atoms with Crippen LogP contribution in [-0.2, 0) is 0 Å². The third-order valence-electron chi connectivity index (χ3n) is 6.11. The quantitative estimate of drug-likeness (QED) is 0.627. The Labute approximate surface area is 181 Å². The lowest BCUT2D eigenvalue weighted by Gasteiger charge is -2.42. The molecule has 0 radical (unpaired) electrons. The lowest BCUT2D eigenvalue weighted by atomic mass is 9.88. The first-order valence-electron chi connectivity index (χ1n) is 10.5. The van der Waals surface area contributed by atoms with Crippen LogP contribution in [0.5, 0.6) is 0 Å². The van der Waals surface area contributed by atoms with E-state index in [1.54, 1.807) is 12.3 Å².